The third-order valence-electron chi connectivity index (χ3n) is 0. The van der Waals surface area contributed by atoms with E-state index in [4.69, 9.17) is 55.5 Å². The van der Waals surface area contributed by atoms with Crippen molar-refractivity contribution in [2.45, 2.75) is 0 Å². The molecule has 12 nitrogen and oxygen atoms in total. The Morgan fingerprint density at radius 2 is 0.545 bits per heavy atom. The highest BCUT2D eigenvalue weighted by Gasteiger charge is 1.50. The van der Waals surface area contributed by atoms with Gasteiger partial charge in [0.25, 0.3) is 0 Å². The highest BCUT2D eigenvalue weighted by Crippen LogP contribution is 1.64. The molecule has 4 unspecified atom stereocenters. The number of rotatable bonds is 0. The lowest BCUT2D eigenvalue weighted by Crippen LogP contribution is -1.91. The molecule has 0 fully saturated rings. The zero-order chi connectivity index (χ0) is 19.8. The van der Waals surface area contributed by atoms with Crippen LogP contribution in [0.2, 0.25) is 0 Å². The van der Waals surface area contributed by atoms with Crippen molar-refractivity contribution >= 4 is 57.8 Å². The van der Waals surface area contributed by atoms with Crippen LogP contribution in [0.15, 0.2) is 0 Å². The summed E-state index contributed by atoms with van der Waals surface area (Å²) in [7, 11) is -4.22. The van der Waals surface area contributed by atoms with Gasteiger partial charge in [-0.15, -0.1) is 0 Å². The molecule has 0 spiro atoms. The first-order valence-corrected chi connectivity index (χ1v) is 11.3. The summed E-state index contributed by atoms with van der Waals surface area (Å²) in [5.74, 6) is 0. The second-order valence-electron chi connectivity index (χ2n) is 1.71. The Bertz CT molecular complexity index is 277. The lowest BCUT2D eigenvalue weighted by atomic mass is 11.7. The van der Waals surface area contributed by atoms with Gasteiger partial charge in [-0.05, 0) is 0 Å². The van der Waals surface area contributed by atoms with Gasteiger partial charge in [0.15, 0.2) is 0 Å². The molecular formula is C4H24O12P4S2. The minimum Gasteiger partial charge on any atom is -0.759 e. The Kier molecular flexibility index (Phi) is 59.5. The average molecular weight is 452 g/mol. The van der Waals surface area contributed by atoms with E-state index in [1.807, 2.05) is 0 Å². The second-order valence-corrected chi connectivity index (χ2v) is 5.13. The molecule has 0 bridgehead atoms. The molecule has 0 saturated heterocycles. The molecule has 0 aliphatic carbocycles. The Labute approximate surface area is 139 Å². The van der Waals surface area contributed by atoms with Crippen LogP contribution in [-0.4, -0.2) is 80.9 Å². The Morgan fingerprint density at radius 1 is 0.545 bits per heavy atom. The molecular weight excluding hydrogens is 428 g/mol. The van der Waals surface area contributed by atoms with Crippen LogP contribution in [0.3, 0.4) is 0 Å². The second kappa shape index (κ2) is 33.8. The number of aliphatic hydroxyl groups is 4. The maximum absolute atomic E-state index is 8.52. The largest absolute Gasteiger partial charge is 0.759 e. The quantitative estimate of drug-likeness (QED) is 0.154. The summed E-state index contributed by atoms with van der Waals surface area (Å²) in [4.78, 5) is 0. The molecule has 0 heterocycles. The Morgan fingerprint density at radius 3 is 0.545 bits per heavy atom. The van der Waals surface area contributed by atoms with E-state index in [0.717, 1.165) is 0 Å². The van der Waals surface area contributed by atoms with Crippen LogP contribution in [0.5, 0.6) is 0 Å². The van der Waals surface area contributed by atoms with Crippen LogP contribution in [0.4, 0.5) is 0 Å². The molecule has 4 atom stereocenters. The SMILES string of the molecule is O=S(=O)([O-])[O-].O=S(=O)([O-])[O-].OC[PH3+].OC[PH3+].OC[PH3+].OC[PH3+]. The van der Waals surface area contributed by atoms with Crippen molar-refractivity contribution in [2.75, 3.05) is 25.4 Å². The first kappa shape index (κ1) is 38.7. The smallest absolute Gasteiger partial charge is 0.147 e. The van der Waals surface area contributed by atoms with Crippen molar-refractivity contribution in [3.63, 3.8) is 0 Å². The lowest BCUT2D eigenvalue weighted by Gasteiger charge is -2.06. The molecule has 0 saturated carbocycles. The van der Waals surface area contributed by atoms with E-state index in [1.54, 1.807) is 0 Å². The molecule has 0 aliphatic heterocycles. The fourth-order valence-corrected chi connectivity index (χ4v) is 0. The van der Waals surface area contributed by atoms with E-state index in [2.05, 4.69) is 0 Å². The van der Waals surface area contributed by atoms with E-state index in [1.165, 1.54) is 37.0 Å². The fourth-order valence-electron chi connectivity index (χ4n) is 0. The maximum atomic E-state index is 8.52. The van der Waals surface area contributed by atoms with Gasteiger partial charge in [0.05, 0.1) is 0 Å². The molecule has 0 rings (SSSR count). The van der Waals surface area contributed by atoms with Gasteiger partial charge >= 0.3 is 0 Å². The van der Waals surface area contributed by atoms with E-state index in [-0.39, 0.29) is 25.4 Å². The van der Waals surface area contributed by atoms with Crippen LogP contribution in [0, 0.1) is 0 Å². The highest BCUT2D eigenvalue weighted by molar-refractivity contribution is 7.79. The van der Waals surface area contributed by atoms with Gasteiger partial charge in [-0.1, -0.05) is 0 Å². The Balaban J connectivity index is -0.0000000357. The summed E-state index contributed by atoms with van der Waals surface area (Å²) >= 11 is 0. The van der Waals surface area contributed by atoms with Gasteiger partial charge in [-0.2, -0.15) is 0 Å². The summed E-state index contributed by atoms with van der Waals surface area (Å²) in [5, 5.41) is 30.3. The fraction of sp³-hybridized carbons (Fsp3) is 1.00. The molecule has 4 N–H and O–H groups in total. The zero-order valence-electron chi connectivity index (χ0n) is 11.5. The summed E-state index contributed by atoms with van der Waals surface area (Å²) in [5.41, 5.74) is 0. The minimum absolute atomic E-state index is 0.278. The highest BCUT2D eigenvalue weighted by atomic mass is 32.3. The van der Waals surface area contributed by atoms with Gasteiger partial charge in [0.1, 0.15) is 25.4 Å². The predicted octanol–water partition coefficient (Wildman–Crippen LogP) is -4.50. The van der Waals surface area contributed by atoms with Gasteiger partial charge < -0.3 is 38.6 Å². The van der Waals surface area contributed by atoms with Crippen LogP contribution in [0.1, 0.15) is 0 Å². The molecule has 0 aromatic heterocycles. The minimum atomic E-state index is -5.17. The van der Waals surface area contributed by atoms with Crippen LogP contribution in [-0.2, 0) is 20.8 Å². The van der Waals surface area contributed by atoms with Crippen molar-refractivity contribution < 1.29 is 55.5 Å². The topological polar surface area (TPSA) is 241 Å². The molecule has 0 aliphatic rings. The summed E-state index contributed by atoms with van der Waals surface area (Å²) in [6.45, 7) is 0. The number of hydrogen-bond donors (Lipinski definition) is 4. The van der Waals surface area contributed by atoms with E-state index >= 15 is 0 Å². The molecule has 0 radical (unpaired) electrons. The standard InChI is InChI=1S/4CH5OP.2H2O4S/c4*2-1-3;2*1-5(2,3)4/h4*2H,1,3H2;2*(H2,1,2,3,4). The third-order valence-corrected chi connectivity index (χ3v) is 0. The van der Waals surface area contributed by atoms with Gasteiger partial charge in [0, 0.05) is 57.8 Å². The average Bonchev–Trinajstić information content (AvgIpc) is 2.15. The van der Waals surface area contributed by atoms with E-state index < -0.39 is 20.8 Å². The van der Waals surface area contributed by atoms with Gasteiger partial charge in [-0.3, -0.25) is 16.8 Å². The summed E-state index contributed by atoms with van der Waals surface area (Å²) in [6, 6.07) is 0. The molecule has 18 heteroatoms. The van der Waals surface area contributed by atoms with Crippen molar-refractivity contribution in [3.8, 4) is 0 Å². The van der Waals surface area contributed by atoms with Gasteiger partial charge in [0.2, 0.25) is 0 Å². The van der Waals surface area contributed by atoms with Crippen molar-refractivity contribution in [2.24, 2.45) is 0 Å². The van der Waals surface area contributed by atoms with E-state index in [9.17, 15) is 0 Å². The first-order chi connectivity index (χ1) is 9.66. The summed E-state index contributed by atoms with van der Waals surface area (Å²) in [6.07, 6.45) is 1.11. The van der Waals surface area contributed by atoms with Crippen LogP contribution < -0.4 is 0 Å². The van der Waals surface area contributed by atoms with Crippen LogP contribution >= 0.6 is 37.0 Å². The predicted molar refractivity (Wildman–Crippen MR) is 93.7 cm³/mol. The lowest BCUT2D eigenvalue weighted by molar-refractivity contribution is 0.350. The van der Waals surface area contributed by atoms with Crippen molar-refractivity contribution in [1.82, 2.24) is 0 Å². The first-order valence-electron chi connectivity index (χ1n) is 4.60. The molecule has 0 aromatic rings. The maximum Gasteiger partial charge on any atom is 0.147 e. The Hall–Kier alpha value is 1.30. The summed E-state index contributed by atoms with van der Waals surface area (Å²) < 4.78 is 68.2. The molecule has 144 valence electrons. The normalized spacial score (nSPS) is 9.09. The zero-order valence-corrected chi connectivity index (χ0v) is 18.8. The monoisotopic (exact) mass is 452 g/mol. The van der Waals surface area contributed by atoms with E-state index in [0.29, 0.717) is 0 Å². The molecule has 0 aromatic carbocycles. The molecule has 22 heavy (non-hydrogen) atoms. The van der Waals surface area contributed by atoms with Crippen molar-refractivity contribution in [3.05, 3.63) is 0 Å². The number of hydrogen-bond acceptors (Lipinski definition) is 12. The van der Waals surface area contributed by atoms with Crippen molar-refractivity contribution in [1.29, 1.82) is 0 Å². The third kappa shape index (κ3) is 5190. The van der Waals surface area contributed by atoms with Gasteiger partial charge in [-0.25, -0.2) is 0 Å². The molecule has 0 amide bonds. The number of aliphatic hydroxyl groups excluding tert-OH is 4. The van der Waals surface area contributed by atoms with Crippen LogP contribution in [0.25, 0.3) is 0 Å².